The van der Waals surface area contributed by atoms with Crippen LogP contribution in [0.2, 0.25) is 0 Å². The topological polar surface area (TPSA) is 56.5 Å². The van der Waals surface area contributed by atoms with Crippen molar-refractivity contribution in [1.82, 2.24) is 4.90 Å². The molecule has 0 saturated carbocycles. The molecule has 94 valence electrons. The van der Waals surface area contributed by atoms with Gasteiger partial charge >= 0.3 is 0 Å². The van der Waals surface area contributed by atoms with Gasteiger partial charge in [0.1, 0.15) is 0 Å². The maximum atomic E-state index is 9.75. The summed E-state index contributed by atoms with van der Waals surface area (Å²) < 4.78 is 5.49. The Morgan fingerprint density at radius 2 is 2.00 bits per heavy atom. The van der Waals surface area contributed by atoms with E-state index in [1.165, 1.54) is 0 Å². The van der Waals surface area contributed by atoms with E-state index in [1.54, 1.807) is 0 Å². The Kier molecular flexibility index (Phi) is 6.58. The molecule has 2 atom stereocenters. The van der Waals surface area contributed by atoms with Crippen LogP contribution in [-0.4, -0.2) is 48.0 Å². The Balaban J connectivity index is 3.87. The fourth-order valence-corrected chi connectivity index (χ4v) is 1.20. The Labute approximate surface area is 98.8 Å². The van der Waals surface area contributed by atoms with Crippen LogP contribution in [0.25, 0.3) is 0 Å². The molecule has 0 saturated heterocycles. The van der Waals surface area contributed by atoms with E-state index in [0.29, 0.717) is 19.6 Å². The molecule has 2 unspecified atom stereocenters. The van der Waals surface area contributed by atoms with E-state index in [9.17, 15) is 5.11 Å². The average molecular weight is 228 g/mol. The molecule has 0 aliphatic carbocycles. The van der Waals surface area contributed by atoms with Crippen LogP contribution in [0.4, 0.5) is 0 Å². The lowest BCUT2D eigenvalue weighted by Gasteiger charge is -2.27. The summed E-state index contributed by atoms with van der Waals surface area (Å²) in [6, 6.07) is 2.28. The van der Waals surface area contributed by atoms with Gasteiger partial charge in [0.2, 0.25) is 0 Å². The molecule has 0 heterocycles. The van der Waals surface area contributed by atoms with Crippen LogP contribution in [0, 0.1) is 11.3 Å². The Bertz CT molecular complexity index is 230. The summed E-state index contributed by atoms with van der Waals surface area (Å²) in [5.41, 5.74) is -0.224. The molecule has 0 aliphatic rings. The zero-order valence-corrected chi connectivity index (χ0v) is 11.0. The minimum atomic E-state index is -0.509. The van der Waals surface area contributed by atoms with Gasteiger partial charge in [-0.3, -0.25) is 0 Å². The van der Waals surface area contributed by atoms with Crippen molar-refractivity contribution in [2.45, 2.75) is 51.9 Å². The molecule has 1 N–H and O–H groups in total. The van der Waals surface area contributed by atoms with Crippen molar-refractivity contribution in [3.8, 4) is 6.07 Å². The summed E-state index contributed by atoms with van der Waals surface area (Å²) in [7, 11) is 1.91. The number of hydrogen-bond donors (Lipinski definition) is 1. The van der Waals surface area contributed by atoms with Gasteiger partial charge in [-0.1, -0.05) is 0 Å². The van der Waals surface area contributed by atoms with Gasteiger partial charge in [-0.25, -0.2) is 0 Å². The fraction of sp³-hybridized carbons (Fsp3) is 0.917. The second-order valence-electron chi connectivity index (χ2n) is 5.23. The van der Waals surface area contributed by atoms with E-state index in [2.05, 4.69) is 6.07 Å². The standard InChI is InChI=1S/C12H24N2O2/c1-10(6-7-13)14(5)8-11(15)9-16-12(2,3)4/h10-11,15H,6,8-9H2,1-5H3. The smallest absolute Gasteiger partial charge is 0.0900 e. The molecular formula is C12H24N2O2. The van der Waals surface area contributed by atoms with Crippen LogP contribution in [0.5, 0.6) is 0 Å². The Morgan fingerprint density at radius 3 is 2.44 bits per heavy atom. The molecule has 0 spiro atoms. The SMILES string of the molecule is CC(CC#N)N(C)CC(O)COC(C)(C)C. The summed E-state index contributed by atoms with van der Waals surface area (Å²) in [5.74, 6) is 0. The summed E-state index contributed by atoms with van der Waals surface area (Å²) in [5, 5.41) is 18.3. The van der Waals surface area contributed by atoms with Crippen LogP contribution in [0.15, 0.2) is 0 Å². The highest BCUT2D eigenvalue weighted by atomic mass is 16.5. The number of hydrogen-bond acceptors (Lipinski definition) is 4. The van der Waals surface area contributed by atoms with Gasteiger partial charge in [0, 0.05) is 12.6 Å². The second kappa shape index (κ2) is 6.85. The average Bonchev–Trinajstić information content (AvgIpc) is 2.14. The van der Waals surface area contributed by atoms with Gasteiger partial charge in [0.15, 0.2) is 0 Å². The fourth-order valence-electron chi connectivity index (χ4n) is 1.20. The number of ether oxygens (including phenoxy) is 1. The predicted molar refractivity (Wildman–Crippen MR) is 64.0 cm³/mol. The normalized spacial score (nSPS) is 15.9. The molecule has 4 nitrogen and oxygen atoms in total. The van der Waals surface area contributed by atoms with E-state index < -0.39 is 6.10 Å². The largest absolute Gasteiger partial charge is 0.389 e. The molecule has 0 rings (SSSR count). The number of nitriles is 1. The van der Waals surface area contributed by atoms with Crippen molar-refractivity contribution in [3.05, 3.63) is 0 Å². The van der Waals surface area contributed by atoms with Crippen molar-refractivity contribution < 1.29 is 9.84 Å². The first-order valence-electron chi connectivity index (χ1n) is 5.65. The summed E-state index contributed by atoms with van der Waals surface area (Å²) in [6.07, 6.45) is -0.0334. The van der Waals surface area contributed by atoms with E-state index in [1.807, 2.05) is 39.6 Å². The molecule has 0 aliphatic heterocycles. The van der Waals surface area contributed by atoms with Crippen LogP contribution in [0.1, 0.15) is 34.1 Å². The Hall–Kier alpha value is -0.630. The molecular weight excluding hydrogens is 204 g/mol. The monoisotopic (exact) mass is 228 g/mol. The highest BCUT2D eigenvalue weighted by molar-refractivity contribution is 4.79. The first-order valence-corrected chi connectivity index (χ1v) is 5.65. The summed E-state index contributed by atoms with van der Waals surface area (Å²) in [4.78, 5) is 1.97. The van der Waals surface area contributed by atoms with E-state index in [4.69, 9.17) is 10.00 Å². The van der Waals surface area contributed by atoms with Gasteiger partial charge < -0.3 is 14.7 Å². The molecule has 0 bridgehead atoms. The van der Waals surface area contributed by atoms with E-state index >= 15 is 0 Å². The third kappa shape index (κ3) is 7.63. The van der Waals surface area contributed by atoms with Crippen molar-refractivity contribution in [1.29, 1.82) is 5.26 Å². The maximum Gasteiger partial charge on any atom is 0.0900 e. The second-order valence-corrected chi connectivity index (χ2v) is 5.23. The lowest BCUT2D eigenvalue weighted by molar-refractivity contribution is -0.0564. The molecule has 0 amide bonds. The quantitative estimate of drug-likeness (QED) is 0.746. The van der Waals surface area contributed by atoms with Crippen LogP contribution >= 0.6 is 0 Å². The van der Waals surface area contributed by atoms with Crippen molar-refractivity contribution in [2.24, 2.45) is 0 Å². The van der Waals surface area contributed by atoms with Gasteiger partial charge in [-0.2, -0.15) is 5.26 Å². The van der Waals surface area contributed by atoms with Crippen LogP contribution in [-0.2, 0) is 4.74 Å². The minimum Gasteiger partial charge on any atom is -0.389 e. The Morgan fingerprint density at radius 1 is 1.44 bits per heavy atom. The molecule has 4 heteroatoms. The van der Waals surface area contributed by atoms with Crippen LogP contribution < -0.4 is 0 Å². The van der Waals surface area contributed by atoms with Gasteiger partial charge in [0.25, 0.3) is 0 Å². The molecule has 0 aromatic carbocycles. The predicted octanol–water partition coefficient (Wildman–Crippen LogP) is 1.40. The van der Waals surface area contributed by atoms with Crippen molar-refractivity contribution >= 4 is 0 Å². The van der Waals surface area contributed by atoms with Crippen molar-refractivity contribution in [2.75, 3.05) is 20.2 Å². The zero-order valence-electron chi connectivity index (χ0n) is 11.0. The highest BCUT2D eigenvalue weighted by Crippen LogP contribution is 2.08. The van der Waals surface area contributed by atoms with Gasteiger partial charge in [0.05, 0.1) is 30.8 Å². The number of nitrogens with zero attached hydrogens (tertiary/aromatic N) is 2. The molecule has 0 aromatic rings. The lowest BCUT2D eigenvalue weighted by atomic mass is 10.2. The number of rotatable bonds is 6. The minimum absolute atomic E-state index is 0.161. The lowest BCUT2D eigenvalue weighted by Crippen LogP contribution is -2.39. The summed E-state index contributed by atoms with van der Waals surface area (Å²) in [6.45, 7) is 8.71. The summed E-state index contributed by atoms with van der Waals surface area (Å²) >= 11 is 0. The third-order valence-corrected chi connectivity index (χ3v) is 2.35. The number of aliphatic hydroxyl groups is 1. The number of likely N-dealkylation sites (N-methyl/N-ethyl adjacent to an activating group) is 1. The molecule has 0 fully saturated rings. The zero-order chi connectivity index (χ0) is 12.8. The van der Waals surface area contributed by atoms with Gasteiger partial charge in [-0.05, 0) is 34.7 Å². The third-order valence-electron chi connectivity index (χ3n) is 2.35. The van der Waals surface area contributed by atoms with Crippen molar-refractivity contribution in [3.63, 3.8) is 0 Å². The first kappa shape index (κ1) is 15.4. The highest BCUT2D eigenvalue weighted by Gasteiger charge is 2.17. The van der Waals surface area contributed by atoms with E-state index in [-0.39, 0.29) is 11.6 Å². The van der Waals surface area contributed by atoms with E-state index in [0.717, 1.165) is 0 Å². The first-order chi connectivity index (χ1) is 7.26. The molecule has 0 radical (unpaired) electrons. The number of aliphatic hydroxyl groups excluding tert-OH is 1. The van der Waals surface area contributed by atoms with Crippen LogP contribution in [0.3, 0.4) is 0 Å². The maximum absolute atomic E-state index is 9.75. The molecule has 16 heavy (non-hydrogen) atoms. The van der Waals surface area contributed by atoms with Gasteiger partial charge in [-0.15, -0.1) is 0 Å². The molecule has 0 aromatic heterocycles.